The molecule has 0 spiro atoms. The summed E-state index contributed by atoms with van der Waals surface area (Å²) >= 11 is 12.6. The second kappa shape index (κ2) is 22.4. The number of hydrogen-bond acceptors (Lipinski definition) is 15. The highest BCUT2D eigenvalue weighted by molar-refractivity contribution is 6.35. The molecule has 19 nitrogen and oxygen atoms in total. The average molecular weight is 1000 g/mol. The molecule has 0 bridgehead atoms. The van der Waals surface area contributed by atoms with Crippen LogP contribution in [0.2, 0.25) is 10.0 Å². The van der Waals surface area contributed by atoms with Crippen molar-refractivity contribution in [3.63, 3.8) is 0 Å². The number of H-pyrrole nitrogens is 1. The van der Waals surface area contributed by atoms with Gasteiger partial charge in [-0.1, -0.05) is 59.6 Å². The number of nitrogens with zero attached hydrogens (tertiary/aromatic N) is 7. The molecule has 366 valence electrons. The summed E-state index contributed by atoms with van der Waals surface area (Å²) in [5.74, 6) is 0.402. The molecule has 3 N–H and O–H groups in total. The van der Waals surface area contributed by atoms with Crippen molar-refractivity contribution >= 4 is 69.2 Å². The van der Waals surface area contributed by atoms with Gasteiger partial charge in [-0.05, 0) is 93.6 Å². The van der Waals surface area contributed by atoms with Gasteiger partial charge in [0.2, 0.25) is 11.6 Å². The van der Waals surface area contributed by atoms with Gasteiger partial charge in [-0.15, -0.1) is 10.2 Å². The summed E-state index contributed by atoms with van der Waals surface area (Å²) in [6.07, 6.45) is 6.20. The first-order valence-corrected chi connectivity index (χ1v) is 23.4. The summed E-state index contributed by atoms with van der Waals surface area (Å²) in [6, 6.07) is 24.4. The number of nitro groups is 2. The average Bonchev–Trinajstić information content (AvgIpc) is 3.91. The zero-order valence-corrected chi connectivity index (χ0v) is 40.3. The third kappa shape index (κ3) is 11.4. The van der Waals surface area contributed by atoms with E-state index in [9.17, 15) is 29.8 Å². The van der Waals surface area contributed by atoms with E-state index >= 15 is 0 Å². The van der Waals surface area contributed by atoms with Crippen molar-refractivity contribution in [2.24, 2.45) is 0 Å². The van der Waals surface area contributed by atoms with Crippen molar-refractivity contribution in [1.29, 1.82) is 0 Å². The van der Waals surface area contributed by atoms with Gasteiger partial charge < -0.3 is 24.8 Å². The minimum Gasteiger partial charge on any atom is -0.497 e. The van der Waals surface area contributed by atoms with Crippen molar-refractivity contribution in [3.8, 4) is 5.75 Å². The van der Waals surface area contributed by atoms with Crippen LogP contribution in [0, 0.1) is 34.1 Å². The van der Waals surface area contributed by atoms with Crippen molar-refractivity contribution in [2.75, 3.05) is 44.2 Å². The molecule has 2 fully saturated rings. The summed E-state index contributed by atoms with van der Waals surface area (Å²) in [4.78, 5) is 58.6. The molecular weight excluding hydrogens is 956 g/mol. The number of hydrogen-bond donors (Lipinski definition) is 3. The Bertz CT molecular complexity index is 3090. The van der Waals surface area contributed by atoms with Gasteiger partial charge in [-0.2, -0.15) is 0 Å². The molecule has 71 heavy (non-hydrogen) atoms. The number of methoxy groups -OCH3 is 1. The van der Waals surface area contributed by atoms with E-state index in [0.717, 1.165) is 42.6 Å². The molecule has 7 aromatic rings. The number of ether oxygens (including phenoxy) is 3. The number of aryl methyl sites for hydroxylation is 1. The fourth-order valence-corrected chi connectivity index (χ4v) is 8.86. The van der Waals surface area contributed by atoms with Crippen molar-refractivity contribution < 1.29 is 33.6 Å². The first kappa shape index (κ1) is 49.8. The van der Waals surface area contributed by atoms with Gasteiger partial charge in [0.15, 0.2) is 11.6 Å². The number of rotatable bonds is 15. The summed E-state index contributed by atoms with van der Waals surface area (Å²) in [6.45, 7) is 6.04. The third-order valence-corrected chi connectivity index (χ3v) is 13.0. The molecule has 0 saturated carbocycles. The second-order valence-corrected chi connectivity index (χ2v) is 17.6. The zero-order valence-electron chi connectivity index (χ0n) is 38.8. The number of halogens is 2. The van der Waals surface area contributed by atoms with Gasteiger partial charge in [0, 0.05) is 73.2 Å². The van der Waals surface area contributed by atoms with Gasteiger partial charge in [-0.3, -0.25) is 49.6 Å². The molecule has 0 amide bonds. The SMILES string of the molecule is COc1ccc(Cn2nc(Nc3cc(C4CCOCC4)ncc3C(=O)c3ccccc3Cl)c([N+](=O)[O-])c2C)cc1.Cc1[nH]nc(Nc2cc(C3CCOCC3)ncc2C(=O)c2ccccc2Cl)c1[N+](=O)[O-]. The minimum absolute atomic E-state index is 0.0276. The van der Waals surface area contributed by atoms with Gasteiger partial charge >= 0.3 is 11.4 Å². The van der Waals surface area contributed by atoms with Crippen LogP contribution in [0.25, 0.3) is 0 Å². The Hall–Kier alpha value is -7.58. The quantitative estimate of drug-likeness (QED) is 0.0491. The number of carbonyl (C=O) groups excluding carboxylic acids is 2. The highest BCUT2D eigenvalue weighted by atomic mass is 35.5. The lowest BCUT2D eigenvalue weighted by Gasteiger charge is -2.22. The Morgan fingerprint density at radius 1 is 0.718 bits per heavy atom. The number of benzene rings is 3. The van der Waals surface area contributed by atoms with E-state index in [1.165, 1.54) is 12.4 Å². The Balaban J connectivity index is 0.000000197. The smallest absolute Gasteiger partial charge is 0.334 e. The van der Waals surface area contributed by atoms with E-state index < -0.39 is 9.85 Å². The Labute approximate surface area is 417 Å². The first-order valence-electron chi connectivity index (χ1n) is 22.6. The molecule has 3 aromatic carbocycles. The van der Waals surface area contributed by atoms with Crippen LogP contribution >= 0.6 is 23.2 Å². The summed E-state index contributed by atoms with van der Waals surface area (Å²) < 4.78 is 17.7. The summed E-state index contributed by atoms with van der Waals surface area (Å²) in [5, 5.41) is 41.5. The summed E-state index contributed by atoms with van der Waals surface area (Å²) in [7, 11) is 1.59. The second-order valence-electron chi connectivity index (χ2n) is 16.8. The van der Waals surface area contributed by atoms with E-state index in [2.05, 4.69) is 35.9 Å². The number of aromatic nitrogens is 6. The lowest BCUT2D eigenvalue weighted by molar-refractivity contribution is -0.384. The molecule has 6 heterocycles. The lowest BCUT2D eigenvalue weighted by Crippen LogP contribution is -2.16. The first-order chi connectivity index (χ1) is 34.3. The largest absolute Gasteiger partial charge is 0.497 e. The molecule has 9 rings (SSSR count). The number of ketones is 2. The van der Waals surface area contributed by atoms with Crippen LogP contribution in [0.1, 0.15) is 97.7 Å². The Morgan fingerprint density at radius 2 is 1.20 bits per heavy atom. The molecule has 21 heteroatoms. The lowest BCUT2D eigenvalue weighted by atomic mass is 9.94. The van der Waals surface area contributed by atoms with Gasteiger partial charge in [0.05, 0.1) is 56.0 Å². The van der Waals surface area contributed by atoms with Crippen molar-refractivity contribution in [2.45, 2.75) is 57.9 Å². The Kier molecular flexibility index (Phi) is 15.8. The normalized spacial score (nSPS) is 14.0. The molecule has 0 aliphatic carbocycles. The molecule has 0 atom stereocenters. The molecular formula is C50H48Cl2N10O9. The van der Waals surface area contributed by atoms with Gasteiger partial charge in [-0.25, -0.2) is 0 Å². The standard InChI is InChI=1S/C29H28ClN5O5.C21H20ClN5O4/c1-18-27(35(37)38)29(33-34(18)17-19-7-9-21(39-2)10-8-19)32-26-15-25(20-11-13-40-14-12-20)31-16-23(26)28(36)22-5-3-4-6-24(22)30;1-12-19(27(29)30)21(26-25-12)24-18-10-17(13-6-8-31-9-7-13)23-11-15(18)20(28)14-4-2-3-5-16(14)22/h3-10,15-16,20H,11-14,17H2,1-2H3,(H,31,32,33);2-5,10-11,13H,6-9H2,1H3,(H2,23,24,25,26). The van der Waals surface area contributed by atoms with Crippen LogP contribution in [-0.4, -0.2) is 84.9 Å². The van der Waals surface area contributed by atoms with Crippen LogP contribution in [0.5, 0.6) is 5.75 Å². The fourth-order valence-electron chi connectivity index (χ4n) is 8.41. The zero-order chi connectivity index (χ0) is 50.2. The predicted molar refractivity (Wildman–Crippen MR) is 266 cm³/mol. The monoisotopic (exact) mass is 1000 g/mol. The number of carbonyl (C=O) groups is 2. The van der Waals surface area contributed by atoms with Gasteiger partial charge in [0.25, 0.3) is 0 Å². The van der Waals surface area contributed by atoms with Crippen LogP contribution < -0.4 is 15.4 Å². The van der Waals surface area contributed by atoms with Crippen LogP contribution in [-0.2, 0) is 16.0 Å². The molecule has 0 radical (unpaired) electrons. The molecule has 2 aliphatic rings. The van der Waals surface area contributed by atoms with E-state index in [4.69, 9.17) is 37.4 Å². The molecule has 0 unspecified atom stereocenters. The van der Waals surface area contributed by atoms with Crippen LogP contribution in [0.15, 0.2) is 97.3 Å². The maximum Gasteiger partial charge on any atom is 0.334 e. The highest BCUT2D eigenvalue weighted by Crippen LogP contribution is 2.37. The third-order valence-electron chi connectivity index (χ3n) is 12.3. The molecule has 2 saturated heterocycles. The number of pyridine rings is 2. The minimum atomic E-state index is -0.517. The number of anilines is 4. The molecule has 2 aliphatic heterocycles. The van der Waals surface area contributed by atoms with E-state index in [1.807, 2.05) is 24.3 Å². The van der Waals surface area contributed by atoms with E-state index in [1.54, 1.807) is 86.3 Å². The van der Waals surface area contributed by atoms with Crippen LogP contribution in [0.4, 0.5) is 34.4 Å². The topological polar surface area (TPSA) is 244 Å². The van der Waals surface area contributed by atoms with E-state index in [0.29, 0.717) is 82.7 Å². The Morgan fingerprint density at radius 3 is 1.66 bits per heavy atom. The maximum atomic E-state index is 13.6. The highest BCUT2D eigenvalue weighted by Gasteiger charge is 2.30. The maximum absolute atomic E-state index is 13.6. The van der Waals surface area contributed by atoms with Crippen LogP contribution in [0.3, 0.4) is 0 Å². The summed E-state index contributed by atoms with van der Waals surface area (Å²) in [5.41, 5.74) is 4.67. The van der Waals surface area contributed by atoms with E-state index in [-0.39, 0.29) is 57.5 Å². The fraction of sp³-hybridized carbons (Fsp3) is 0.280. The van der Waals surface area contributed by atoms with Gasteiger partial charge in [0.1, 0.15) is 17.1 Å². The van der Waals surface area contributed by atoms with Crippen molar-refractivity contribution in [1.82, 2.24) is 29.9 Å². The number of nitrogens with one attached hydrogen (secondary N) is 3. The van der Waals surface area contributed by atoms with Crippen molar-refractivity contribution in [3.05, 3.63) is 178 Å². The number of aromatic amines is 1. The molecule has 4 aromatic heterocycles. The predicted octanol–water partition coefficient (Wildman–Crippen LogP) is 10.6.